The van der Waals surface area contributed by atoms with Crippen LogP contribution in [-0.4, -0.2) is 9.97 Å². The topological polar surface area (TPSA) is 75.6 Å². The number of nitrogens with two attached hydrogens (primary N) is 1. The van der Waals surface area contributed by atoms with Gasteiger partial charge in [0.05, 0.1) is 21.1 Å². The number of benzene rings is 2. The standard InChI is InChI=1S/C17H10Cl2N4/c18-13-6-3-4-10(15(13)19)8-11(9-20)17-22-14-7-2-1-5-12(14)16(21)23-17/h1-8H,(H2,21,22,23). The van der Waals surface area contributed by atoms with Gasteiger partial charge in [-0.15, -0.1) is 0 Å². The van der Waals surface area contributed by atoms with Gasteiger partial charge in [0.15, 0.2) is 5.82 Å². The van der Waals surface area contributed by atoms with Crippen molar-refractivity contribution in [3.05, 3.63) is 63.9 Å². The lowest BCUT2D eigenvalue weighted by Gasteiger charge is -2.05. The van der Waals surface area contributed by atoms with Crippen molar-refractivity contribution in [1.82, 2.24) is 9.97 Å². The second-order valence-electron chi connectivity index (χ2n) is 4.76. The van der Waals surface area contributed by atoms with Crippen LogP contribution in [0.2, 0.25) is 10.0 Å². The van der Waals surface area contributed by atoms with Gasteiger partial charge in [-0.2, -0.15) is 5.26 Å². The van der Waals surface area contributed by atoms with Crippen molar-refractivity contribution in [2.75, 3.05) is 5.73 Å². The Kier molecular flexibility index (Phi) is 4.16. The molecule has 2 N–H and O–H groups in total. The van der Waals surface area contributed by atoms with E-state index in [9.17, 15) is 5.26 Å². The Balaban J connectivity index is 2.17. The van der Waals surface area contributed by atoms with E-state index in [-0.39, 0.29) is 11.4 Å². The van der Waals surface area contributed by atoms with Crippen molar-refractivity contribution in [3.8, 4) is 6.07 Å². The number of nitriles is 1. The number of allylic oxidation sites excluding steroid dienone is 1. The Morgan fingerprint density at radius 2 is 1.87 bits per heavy atom. The smallest absolute Gasteiger partial charge is 0.172 e. The molecule has 3 rings (SSSR count). The zero-order chi connectivity index (χ0) is 16.4. The van der Waals surface area contributed by atoms with E-state index < -0.39 is 0 Å². The van der Waals surface area contributed by atoms with E-state index in [1.54, 1.807) is 24.3 Å². The number of rotatable bonds is 2. The maximum Gasteiger partial charge on any atom is 0.172 e. The van der Waals surface area contributed by atoms with E-state index in [1.807, 2.05) is 24.3 Å². The highest BCUT2D eigenvalue weighted by molar-refractivity contribution is 6.43. The molecule has 0 aliphatic heterocycles. The second kappa shape index (κ2) is 6.25. The lowest BCUT2D eigenvalue weighted by atomic mass is 10.1. The quantitative estimate of drug-likeness (QED) is 0.692. The monoisotopic (exact) mass is 340 g/mol. The van der Waals surface area contributed by atoms with Crippen LogP contribution in [-0.2, 0) is 0 Å². The van der Waals surface area contributed by atoms with Gasteiger partial charge in [0, 0.05) is 5.39 Å². The average Bonchev–Trinajstić information content (AvgIpc) is 2.56. The molecule has 0 spiro atoms. The van der Waals surface area contributed by atoms with Gasteiger partial charge in [0.25, 0.3) is 0 Å². The summed E-state index contributed by atoms with van der Waals surface area (Å²) >= 11 is 12.2. The van der Waals surface area contributed by atoms with Gasteiger partial charge in [0.2, 0.25) is 0 Å². The molecule has 0 unspecified atom stereocenters. The molecule has 0 amide bonds. The van der Waals surface area contributed by atoms with Gasteiger partial charge >= 0.3 is 0 Å². The highest BCUT2D eigenvalue weighted by Crippen LogP contribution is 2.29. The average molecular weight is 341 g/mol. The lowest BCUT2D eigenvalue weighted by molar-refractivity contribution is 1.18. The highest BCUT2D eigenvalue weighted by Gasteiger charge is 2.11. The largest absolute Gasteiger partial charge is 0.383 e. The minimum atomic E-state index is 0.250. The van der Waals surface area contributed by atoms with Crippen molar-refractivity contribution in [2.45, 2.75) is 0 Å². The van der Waals surface area contributed by atoms with E-state index in [2.05, 4.69) is 16.0 Å². The fraction of sp³-hybridized carbons (Fsp3) is 0. The zero-order valence-electron chi connectivity index (χ0n) is 11.8. The maximum atomic E-state index is 9.45. The summed E-state index contributed by atoms with van der Waals surface area (Å²) in [6.45, 7) is 0. The van der Waals surface area contributed by atoms with Crippen LogP contribution in [0.3, 0.4) is 0 Å². The van der Waals surface area contributed by atoms with Crippen LogP contribution in [0.15, 0.2) is 42.5 Å². The van der Waals surface area contributed by atoms with E-state index in [0.717, 1.165) is 5.39 Å². The molecule has 0 atom stereocenters. The summed E-state index contributed by atoms with van der Waals surface area (Å²) in [7, 11) is 0. The molecule has 0 saturated heterocycles. The summed E-state index contributed by atoms with van der Waals surface area (Å²) in [6, 6.07) is 14.6. The summed E-state index contributed by atoms with van der Waals surface area (Å²) < 4.78 is 0. The summed E-state index contributed by atoms with van der Waals surface area (Å²) in [5.74, 6) is 0.573. The summed E-state index contributed by atoms with van der Waals surface area (Å²) in [4.78, 5) is 8.62. The molecule has 2 aromatic carbocycles. The molecule has 0 saturated carbocycles. The third-order valence-electron chi connectivity index (χ3n) is 3.28. The maximum absolute atomic E-state index is 9.45. The molecule has 112 valence electrons. The first-order chi connectivity index (χ1) is 11.1. The fourth-order valence-corrected chi connectivity index (χ4v) is 2.52. The van der Waals surface area contributed by atoms with Crippen LogP contribution >= 0.6 is 23.2 Å². The van der Waals surface area contributed by atoms with Crippen molar-refractivity contribution in [2.24, 2.45) is 0 Å². The van der Waals surface area contributed by atoms with Gasteiger partial charge in [-0.3, -0.25) is 0 Å². The van der Waals surface area contributed by atoms with Crippen LogP contribution < -0.4 is 5.73 Å². The Labute approximate surface area is 142 Å². The first-order valence-corrected chi connectivity index (χ1v) is 7.44. The van der Waals surface area contributed by atoms with Gasteiger partial charge in [-0.05, 0) is 29.8 Å². The van der Waals surface area contributed by atoms with E-state index in [0.29, 0.717) is 26.9 Å². The first-order valence-electron chi connectivity index (χ1n) is 6.68. The lowest BCUT2D eigenvalue weighted by Crippen LogP contribution is -2.00. The molecule has 0 fully saturated rings. The summed E-state index contributed by atoms with van der Waals surface area (Å²) in [6.07, 6.45) is 1.60. The van der Waals surface area contributed by atoms with Gasteiger partial charge in [-0.1, -0.05) is 47.5 Å². The molecule has 0 aliphatic carbocycles. The predicted octanol–water partition coefficient (Wildman–Crippen LogP) is 4.58. The number of halogens is 2. The molecule has 4 nitrogen and oxygen atoms in total. The van der Waals surface area contributed by atoms with Crippen molar-refractivity contribution < 1.29 is 0 Å². The van der Waals surface area contributed by atoms with E-state index in [4.69, 9.17) is 28.9 Å². The van der Waals surface area contributed by atoms with Crippen molar-refractivity contribution >= 4 is 51.6 Å². The molecule has 0 aliphatic rings. The summed E-state index contributed by atoms with van der Waals surface area (Å²) in [5, 5.41) is 11.0. The van der Waals surface area contributed by atoms with Crippen molar-refractivity contribution in [3.63, 3.8) is 0 Å². The number of para-hydroxylation sites is 1. The summed E-state index contributed by atoms with van der Waals surface area (Å²) in [5.41, 5.74) is 7.51. The Hall–Kier alpha value is -2.61. The molecular weight excluding hydrogens is 331 g/mol. The number of hydrogen-bond donors (Lipinski definition) is 1. The molecule has 6 heteroatoms. The number of anilines is 1. The van der Waals surface area contributed by atoms with Crippen LogP contribution in [0.25, 0.3) is 22.6 Å². The number of aromatic nitrogens is 2. The van der Waals surface area contributed by atoms with Gasteiger partial charge < -0.3 is 5.73 Å². The normalized spacial score (nSPS) is 11.4. The third kappa shape index (κ3) is 2.98. The fourth-order valence-electron chi connectivity index (χ4n) is 2.16. The van der Waals surface area contributed by atoms with Crippen LogP contribution in [0.4, 0.5) is 5.82 Å². The predicted molar refractivity (Wildman–Crippen MR) is 93.9 cm³/mol. The van der Waals surface area contributed by atoms with E-state index >= 15 is 0 Å². The molecule has 23 heavy (non-hydrogen) atoms. The molecule has 0 bridgehead atoms. The van der Waals surface area contributed by atoms with Gasteiger partial charge in [-0.25, -0.2) is 9.97 Å². The highest BCUT2D eigenvalue weighted by atomic mass is 35.5. The second-order valence-corrected chi connectivity index (χ2v) is 5.55. The van der Waals surface area contributed by atoms with Crippen LogP contribution in [0.1, 0.15) is 11.4 Å². The van der Waals surface area contributed by atoms with E-state index in [1.165, 1.54) is 0 Å². The molecule has 0 radical (unpaired) electrons. The third-order valence-corrected chi connectivity index (χ3v) is 4.11. The van der Waals surface area contributed by atoms with Crippen LogP contribution in [0, 0.1) is 11.3 Å². The SMILES string of the molecule is N#CC(=Cc1cccc(Cl)c1Cl)c1nc(N)c2ccccc2n1. The molecule has 1 heterocycles. The van der Waals surface area contributed by atoms with Gasteiger partial charge in [0.1, 0.15) is 11.9 Å². The Bertz CT molecular complexity index is 974. The molecule has 3 aromatic rings. The van der Waals surface area contributed by atoms with Crippen molar-refractivity contribution in [1.29, 1.82) is 5.26 Å². The molecule has 1 aromatic heterocycles. The minimum Gasteiger partial charge on any atom is -0.383 e. The molecular formula is C17H10Cl2N4. The minimum absolute atomic E-state index is 0.250. The first kappa shape index (κ1) is 15.3. The number of fused-ring (bicyclic) bond motifs is 1. The Morgan fingerprint density at radius 3 is 2.65 bits per heavy atom. The number of nitrogen functional groups attached to an aromatic ring is 1. The van der Waals surface area contributed by atoms with Crippen LogP contribution in [0.5, 0.6) is 0 Å². The Morgan fingerprint density at radius 1 is 1.09 bits per heavy atom. The number of nitrogens with zero attached hydrogens (tertiary/aromatic N) is 3. The zero-order valence-corrected chi connectivity index (χ0v) is 13.3. The number of hydrogen-bond acceptors (Lipinski definition) is 4.